The maximum absolute atomic E-state index is 13.0. The number of rotatable bonds is 13. The van der Waals surface area contributed by atoms with Crippen molar-refractivity contribution < 1.29 is 27.4 Å². The zero-order chi connectivity index (χ0) is 22.7. The second-order valence-electron chi connectivity index (χ2n) is 6.72. The van der Waals surface area contributed by atoms with Gasteiger partial charge in [-0.1, -0.05) is 30.3 Å². The highest BCUT2D eigenvalue weighted by molar-refractivity contribution is 7.89. The van der Waals surface area contributed by atoms with E-state index in [9.17, 15) is 13.2 Å². The van der Waals surface area contributed by atoms with Crippen LogP contribution in [0.15, 0.2) is 53.4 Å². The van der Waals surface area contributed by atoms with Gasteiger partial charge in [-0.05, 0) is 37.5 Å². The minimum atomic E-state index is -3.99. The lowest BCUT2D eigenvalue weighted by Gasteiger charge is -2.19. The topological polar surface area (TPSA) is 103 Å². The molecule has 2 rings (SSSR count). The summed E-state index contributed by atoms with van der Waals surface area (Å²) in [6.45, 7) is 3.42. The van der Waals surface area contributed by atoms with Gasteiger partial charge in [-0.15, -0.1) is 0 Å². The average molecular weight is 451 g/mol. The average Bonchev–Trinajstić information content (AvgIpc) is 2.78. The molecule has 31 heavy (non-hydrogen) atoms. The summed E-state index contributed by atoms with van der Waals surface area (Å²) in [7, 11) is -1.10. The van der Waals surface area contributed by atoms with Crippen LogP contribution in [0, 0.1) is 0 Å². The Hall–Kier alpha value is -2.62. The predicted octanol–water partition coefficient (Wildman–Crippen LogP) is 2.14. The summed E-state index contributed by atoms with van der Waals surface area (Å²) in [5, 5.41) is 2.79. The van der Waals surface area contributed by atoms with Crippen LogP contribution in [0.3, 0.4) is 0 Å². The number of hydrogen-bond donors (Lipinski definition) is 2. The molecule has 0 aliphatic heterocycles. The Bertz CT molecular complexity index is 934. The number of nitrogens with one attached hydrogen (secondary N) is 2. The first-order valence-electron chi connectivity index (χ1n) is 10.0. The highest BCUT2D eigenvalue weighted by Crippen LogP contribution is 2.29. The summed E-state index contributed by atoms with van der Waals surface area (Å²) in [5.41, 5.74) is 0.840. The second kappa shape index (κ2) is 12.3. The fourth-order valence-corrected chi connectivity index (χ4v) is 4.14. The monoisotopic (exact) mass is 450 g/mol. The Morgan fingerprint density at radius 1 is 1.03 bits per heavy atom. The lowest BCUT2D eigenvalue weighted by atomic mass is 10.1. The molecular formula is C22H30N2O6S. The number of benzene rings is 2. The molecule has 0 saturated carbocycles. The van der Waals surface area contributed by atoms with Crippen molar-refractivity contribution in [1.82, 2.24) is 10.0 Å². The van der Waals surface area contributed by atoms with Crippen molar-refractivity contribution in [1.29, 1.82) is 0 Å². The first kappa shape index (κ1) is 24.6. The van der Waals surface area contributed by atoms with Crippen molar-refractivity contribution in [2.75, 3.05) is 34.0 Å². The van der Waals surface area contributed by atoms with Gasteiger partial charge in [0.25, 0.3) is 0 Å². The third-order valence-corrected chi connectivity index (χ3v) is 6.00. The molecule has 0 bridgehead atoms. The Morgan fingerprint density at radius 2 is 1.74 bits per heavy atom. The Balaban J connectivity index is 2.19. The van der Waals surface area contributed by atoms with Crippen molar-refractivity contribution >= 4 is 15.9 Å². The van der Waals surface area contributed by atoms with E-state index in [1.165, 1.54) is 32.4 Å². The van der Waals surface area contributed by atoms with E-state index in [1.54, 1.807) is 0 Å². The van der Waals surface area contributed by atoms with Gasteiger partial charge in [0, 0.05) is 25.8 Å². The van der Waals surface area contributed by atoms with Crippen molar-refractivity contribution in [2.45, 2.75) is 30.7 Å². The molecule has 0 fully saturated rings. The standard InChI is InChI=1S/C22H30N2O6S/c1-4-30-14-8-13-23-22(25)19(15-17-9-6-5-7-10-17)24-31(26,27)18-11-12-20(28-2)21(16-18)29-3/h5-7,9-12,16,19,24H,4,8,13-15H2,1-3H3,(H,23,25)/t19-/m1/s1. The zero-order valence-corrected chi connectivity index (χ0v) is 18.9. The molecule has 0 radical (unpaired) electrons. The van der Waals surface area contributed by atoms with Crippen LogP contribution in [0.2, 0.25) is 0 Å². The highest BCUT2D eigenvalue weighted by Gasteiger charge is 2.26. The summed E-state index contributed by atoms with van der Waals surface area (Å²) in [6.07, 6.45) is 0.852. The third kappa shape index (κ3) is 7.54. The Morgan fingerprint density at radius 3 is 2.39 bits per heavy atom. The van der Waals surface area contributed by atoms with Crippen molar-refractivity contribution in [3.8, 4) is 11.5 Å². The fourth-order valence-electron chi connectivity index (χ4n) is 2.93. The van der Waals surface area contributed by atoms with Crippen molar-refractivity contribution in [3.63, 3.8) is 0 Å². The molecule has 9 heteroatoms. The lowest BCUT2D eigenvalue weighted by Crippen LogP contribution is -2.48. The first-order valence-corrected chi connectivity index (χ1v) is 11.5. The normalized spacial score (nSPS) is 12.2. The van der Waals surface area contributed by atoms with E-state index in [4.69, 9.17) is 14.2 Å². The van der Waals surface area contributed by atoms with Crippen LogP contribution >= 0.6 is 0 Å². The van der Waals surface area contributed by atoms with E-state index in [0.29, 0.717) is 31.9 Å². The largest absolute Gasteiger partial charge is 0.493 e. The minimum Gasteiger partial charge on any atom is -0.493 e. The fraction of sp³-hybridized carbons (Fsp3) is 0.409. The minimum absolute atomic E-state index is 0.0210. The van der Waals surface area contributed by atoms with Gasteiger partial charge >= 0.3 is 0 Å². The summed E-state index contributed by atoms with van der Waals surface area (Å²) in [4.78, 5) is 12.8. The molecule has 1 amide bonds. The van der Waals surface area contributed by atoms with E-state index in [-0.39, 0.29) is 17.1 Å². The molecule has 170 valence electrons. The zero-order valence-electron chi connectivity index (χ0n) is 18.1. The Kier molecular flexibility index (Phi) is 9.77. The summed E-state index contributed by atoms with van der Waals surface area (Å²) < 4.78 is 44.2. The summed E-state index contributed by atoms with van der Waals surface area (Å²) in [5.74, 6) is 0.295. The van der Waals surface area contributed by atoms with E-state index in [1.807, 2.05) is 37.3 Å². The molecule has 0 unspecified atom stereocenters. The van der Waals surface area contributed by atoms with Gasteiger partial charge < -0.3 is 19.5 Å². The number of amides is 1. The van der Waals surface area contributed by atoms with Crippen LogP contribution in [0.1, 0.15) is 18.9 Å². The molecule has 0 aliphatic rings. The van der Waals surface area contributed by atoms with Gasteiger partial charge in [0.05, 0.1) is 19.1 Å². The van der Waals surface area contributed by atoms with Crippen LogP contribution in [-0.4, -0.2) is 54.3 Å². The number of carbonyl (C=O) groups is 1. The number of hydrogen-bond acceptors (Lipinski definition) is 6. The molecule has 2 aromatic carbocycles. The second-order valence-corrected chi connectivity index (χ2v) is 8.44. The van der Waals surface area contributed by atoms with Crippen LogP contribution in [0.25, 0.3) is 0 Å². The van der Waals surface area contributed by atoms with E-state index >= 15 is 0 Å². The van der Waals surface area contributed by atoms with Gasteiger partial charge in [0.2, 0.25) is 15.9 Å². The molecule has 0 aromatic heterocycles. The van der Waals surface area contributed by atoms with E-state index < -0.39 is 22.0 Å². The van der Waals surface area contributed by atoms with Gasteiger partial charge in [-0.25, -0.2) is 8.42 Å². The molecular weight excluding hydrogens is 420 g/mol. The van der Waals surface area contributed by atoms with Crippen LogP contribution < -0.4 is 19.5 Å². The van der Waals surface area contributed by atoms with Crippen molar-refractivity contribution in [3.05, 3.63) is 54.1 Å². The quantitative estimate of drug-likeness (QED) is 0.453. The highest BCUT2D eigenvalue weighted by atomic mass is 32.2. The summed E-state index contributed by atoms with van der Waals surface area (Å²) >= 11 is 0. The smallest absolute Gasteiger partial charge is 0.241 e. The maximum Gasteiger partial charge on any atom is 0.241 e. The molecule has 0 saturated heterocycles. The van der Waals surface area contributed by atoms with Gasteiger partial charge in [-0.2, -0.15) is 4.72 Å². The van der Waals surface area contributed by atoms with Gasteiger partial charge in [-0.3, -0.25) is 4.79 Å². The van der Waals surface area contributed by atoms with E-state index in [2.05, 4.69) is 10.0 Å². The molecule has 1 atom stereocenters. The molecule has 0 aliphatic carbocycles. The van der Waals surface area contributed by atoms with Crippen molar-refractivity contribution in [2.24, 2.45) is 0 Å². The molecule has 0 heterocycles. The number of ether oxygens (including phenoxy) is 3. The third-order valence-electron chi connectivity index (χ3n) is 4.53. The molecule has 0 spiro atoms. The Labute approximate surface area is 184 Å². The summed E-state index contributed by atoms with van der Waals surface area (Å²) in [6, 6.07) is 12.5. The van der Waals surface area contributed by atoms with Crippen LogP contribution in [0.5, 0.6) is 11.5 Å². The van der Waals surface area contributed by atoms with E-state index in [0.717, 1.165) is 5.56 Å². The van der Waals surface area contributed by atoms with Crippen LogP contribution in [0.4, 0.5) is 0 Å². The number of sulfonamides is 1. The van der Waals surface area contributed by atoms with Gasteiger partial charge in [0.1, 0.15) is 6.04 Å². The molecule has 2 N–H and O–H groups in total. The number of carbonyl (C=O) groups excluding carboxylic acids is 1. The number of methoxy groups -OCH3 is 2. The predicted molar refractivity (Wildman–Crippen MR) is 118 cm³/mol. The maximum atomic E-state index is 13.0. The first-order chi connectivity index (χ1) is 14.9. The molecule has 8 nitrogen and oxygen atoms in total. The van der Waals surface area contributed by atoms with Crippen LogP contribution in [-0.2, 0) is 26.0 Å². The lowest BCUT2D eigenvalue weighted by molar-refractivity contribution is -0.122. The molecule has 2 aromatic rings. The van der Waals surface area contributed by atoms with Gasteiger partial charge in [0.15, 0.2) is 11.5 Å². The SMILES string of the molecule is CCOCCCNC(=O)[C@@H](Cc1ccccc1)NS(=O)(=O)c1ccc(OC)c(OC)c1.